The number of nitrogens with zero attached hydrogens (tertiary/aromatic N) is 1. The summed E-state index contributed by atoms with van der Waals surface area (Å²) in [4.78, 5) is 38.3. The average molecular weight is 596 g/mol. The Balaban J connectivity index is 2.10. The van der Waals surface area contributed by atoms with Gasteiger partial charge in [-0.25, -0.2) is 0 Å². The summed E-state index contributed by atoms with van der Waals surface area (Å²) < 4.78 is 45.3. The molecule has 0 radical (unpaired) electrons. The number of benzene rings is 2. The van der Waals surface area contributed by atoms with E-state index < -0.39 is 18.0 Å². The molecule has 0 aliphatic rings. The van der Waals surface area contributed by atoms with Crippen LogP contribution in [0.1, 0.15) is 79.0 Å². The number of nitrogens with one attached hydrogen (secondary N) is 2. The lowest BCUT2D eigenvalue weighted by Gasteiger charge is -2.24. The zero-order valence-electron chi connectivity index (χ0n) is 23.9. The molecule has 0 heterocycles. The van der Waals surface area contributed by atoms with Crippen LogP contribution in [0.25, 0.3) is 0 Å². The average Bonchev–Trinajstić information content (AvgIpc) is 2.95. The number of methoxy groups -OCH3 is 1. The third-order valence-electron chi connectivity index (χ3n) is 6.47. The Bertz CT molecular complexity index is 1130. The Hall–Kier alpha value is -3.21. The first kappa shape index (κ1) is 34.0. The number of hydrogen-bond acceptors (Lipinski definition) is 5. The van der Waals surface area contributed by atoms with E-state index in [0.717, 1.165) is 49.2 Å². The van der Waals surface area contributed by atoms with Gasteiger partial charge in [0.25, 0.3) is 11.8 Å². The molecule has 41 heavy (non-hydrogen) atoms. The predicted molar refractivity (Wildman–Crippen MR) is 159 cm³/mol. The molecule has 0 fully saturated rings. The van der Waals surface area contributed by atoms with E-state index in [9.17, 15) is 27.6 Å². The number of carbonyl (C=O) groups is 3. The fourth-order valence-electron chi connectivity index (χ4n) is 4.21. The summed E-state index contributed by atoms with van der Waals surface area (Å²) in [6.07, 6.45) is 4.59. The topological polar surface area (TPSA) is 87.7 Å². The van der Waals surface area contributed by atoms with Gasteiger partial charge in [-0.1, -0.05) is 51.9 Å². The molecule has 0 spiro atoms. The fourth-order valence-corrected chi connectivity index (χ4v) is 4.51. The highest BCUT2D eigenvalue weighted by Gasteiger charge is 2.42. The van der Waals surface area contributed by atoms with Crippen LogP contribution in [0.4, 0.5) is 24.5 Å². The molecule has 3 amide bonds. The molecule has 0 unspecified atom stereocenters. The number of halogens is 3. The number of carbonyl (C=O) groups excluding carboxylic acids is 3. The Morgan fingerprint density at radius 3 is 2.07 bits per heavy atom. The van der Waals surface area contributed by atoms with Gasteiger partial charge < -0.3 is 20.3 Å². The van der Waals surface area contributed by atoms with E-state index in [1.165, 1.54) is 43.9 Å². The molecule has 2 aromatic rings. The van der Waals surface area contributed by atoms with Crippen molar-refractivity contribution < 1.29 is 32.3 Å². The molecule has 2 aromatic carbocycles. The van der Waals surface area contributed by atoms with Crippen LogP contribution in [0.5, 0.6) is 5.75 Å². The summed E-state index contributed by atoms with van der Waals surface area (Å²) in [6.45, 7) is 2.56. The van der Waals surface area contributed by atoms with E-state index in [1.54, 1.807) is 23.9 Å². The lowest BCUT2D eigenvalue weighted by Crippen LogP contribution is -2.41. The number of alkyl halides is 3. The first-order chi connectivity index (χ1) is 19.6. The van der Waals surface area contributed by atoms with Crippen LogP contribution in [0.2, 0.25) is 0 Å². The molecule has 0 aromatic heterocycles. The van der Waals surface area contributed by atoms with Gasteiger partial charge in [0.05, 0.1) is 12.8 Å². The van der Waals surface area contributed by atoms with Gasteiger partial charge in [-0.2, -0.15) is 24.9 Å². The standard InChI is InChI=1S/C30H40F3N3O4S/c1-4-5-6-7-8-9-10-11-19-36(29(39)30(31,32)33)24-15-12-22(13-16-24)28(38)35-25-21-23(14-17-26(25)40-2)27(37)34-18-20-41-3/h12-17,21H,4-11,18-20H2,1-3H3,(H,34,37)(H,35,38). The Morgan fingerprint density at radius 2 is 1.49 bits per heavy atom. The number of amides is 3. The third-order valence-corrected chi connectivity index (χ3v) is 7.08. The normalized spacial score (nSPS) is 11.2. The van der Waals surface area contributed by atoms with E-state index in [-0.39, 0.29) is 29.4 Å². The van der Waals surface area contributed by atoms with Crippen molar-refractivity contribution in [2.24, 2.45) is 0 Å². The SMILES string of the molecule is CCCCCCCCCCN(C(=O)C(F)(F)F)c1ccc(C(=O)Nc2cc(C(=O)NCCSC)ccc2OC)cc1. The molecule has 2 N–H and O–H groups in total. The molecule has 226 valence electrons. The van der Waals surface area contributed by atoms with Gasteiger partial charge in [0.2, 0.25) is 0 Å². The van der Waals surface area contributed by atoms with E-state index in [1.807, 2.05) is 6.26 Å². The molecule has 2 rings (SSSR count). The molecule has 0 bridgehead atoms. The molecule has 7 nitrogen and oxygen atoms in total. The van der Waals surface area contributed by atoms with Crippen LogP contribution in [0.3, 0.4) is 0 Å². The Morgan fingerprint density at radius 1 is 0.878 bits per heavy atom. The van der Waals surface area contributed by atoms with Crippen molar-refractivity contribution in [3.63, 3.8) is 0 Å². The highest BCUT2D eigenvalue weighted by Crippen LogP contribution is 2.28. The monoisotopic (exact) mass is 595 g/mol. The molecule has 0 aliphatic carbocycles. The van der Waals surface area contributed by atoms with Crippen molar-refractivity contribution in [2.75, 3.05) is 42.4 Å². The van der Waals surface area contributed by atoms with Crippen molar-refractivity contribution in [1.29, 1.82) is 0 Å². The van der Waals surface area contributed by atoms with Crippen LogP contribution in [-0.2, 0) is 4.79 Å². The first-order valence-corrected chi connectivity index (χ1v) is 15.3. The van der Waals surface area contributed by atoms with Gasteiger partial charge in [0.15, 0.2) is 0 Å². The van der Waals surface area contributed by atoms with Gasteiger partial charge in [0.1, 0.15) is 5.75 Å². The van der Waals surface area contributed by atoms with Crippen LogP contribution >= 0.6 is 11.8 Å². The highest BCUT2D eigenvalue weighted by molar-refractivity contribution is 7.98. The first-order valence-electron chi connectivity index (χ1n) is 13.9. The van der Waals surface area contributed by atoms with Crippen molar-refractivity contribution in [3.05, 3.63) is 53.6 Å². The summed E-state index contributed by atoms with van der Waals surface area (Å²) in [6, 6.07) is 10.0. The van der Waals surface area contributed by atoms with Crippen LogP contribution in [0, 0.1) is 0 Å². The number of anilines is 2. The predicted octanol–water partition coefficient (Wildman–Crippen LogP) is 7.08. The van der Waals surface area contributed by atoms with E-state index in [0.29, 0.717) is 24.3 Å². The smallest absolute Gasteiger partial charge is 0.471 e. The van der Waals surface area contributed by atoms with E-state index >= 15 is 0 Å². The quantitative estimate of drug-likeness (QED) is 0.191. The van der Waals surface area contributed by atoms with Crippen molar-refractivity contribution in [2.45, 2.75) is 64.5 Å². The lowest BCUT2D eigenvalue weighted by atomic mass is 10.1. The highest BCUT2D eigenvalue weighted by atomic mass is 32.2. The molecule has 0 saturated heterocycles. The molecule has 11 heteroatoms. The third kappa shape index (κ3) is 11.3. The summed E-state index contributed by atoms with van der Waals surface area (Å²) in [5, 5.41) is 5.49. The number of hydrogen-bond donors (Lipinski definition) is 2. The molecule has 0 aliphatic heterocycles. The second-order valence-corrected chi connectivity index (χ2v) is 10.6. The maximum Gasteiger partial charge on any atom is 0.471 e. The summed E-state index contributed by atoms with van der Waals surface area (Å²) in [5.74, 6) is -1.69. The largest absolute Gasteiger partial charge is 0.495 e. The minimum atomic E-state index is -5.01. The van der Waals surface area contributed by atoms with Crippen molar-refractivity contribution in [1.82, 2.24) is 5.32 Å². The zero-order chi connectivity index (χ0) is 30.3. The molecule has 0 saturated carbocycles. The van der Waals surface area contributed by atoms with Crippen LogP contribution in [-0.4, -0.2) is 56.1 Å². The van der Waals surface area contributed by atoms with Crippen LogP contribution in [0.15, 0.2) is 42.5 Å². The van der Waals surface area contributed by atoms with Gasteiger partial charge >= 0.3 is 12.1 Å². The number of rotatable bonds is 17. The van der Waals surface area contributed by atoms with E-state index in [2.05, 4.69) is 17.6 Å². The van der Waals surface area contributed by atoms with Gasteiger partial charge in [-0.05, 0) is 55.1 Å². The Kier molecular flexibility index (Phi) is 14.6. The maximum absolute atomic E-state index is 13.3. The summed E-state index contributed by atoms with van der Waals surface area (Å²) >= 11 is 1.60. The van der Waals surface area contributed by atoms with Gasteiger partial charge in [0, 0.05) is 35.7 Å². The van der Waals surface area contributed by atoms with Crippen LogP contribution < -0.4 is 20.3 Å². The van der Waals surface area contributed by atoms with Gasteiger partial charge in [-0.3, -0.25) is 14.4 Å². The number of ether oxygens (including phenoxy) is 1. The minimum absolute atomic E-state index is 0.0633. The van der Waals surface area contributed by atoms with Crippen molar-refractivity contribution in [3.8, 4) is 5.75 Å². The zero-order valence-corrected chi connectivity index (χ0v) is 24.8. The Labute approximate surface area is 244 Å². The molecular weight excluding hydrogens is 555 g/mol. The van der Waals surface area contributed by atoms with Gasteiger partial charge in [-0.15, -0.1) is 0 Å². The maximum atomic E-state index is 13.3. The lowest BCUT2D eigenvalue weighted by molar-refractivity contribution is -0.170. The van der Waals surface area contributed by atoms with Crippen molar-refractivity contribution >= 4 is 40.9 Å². The molecular formula is C30H40F3N3O4S. The summed E-state index contributed by atoms with van der Waals surface area (Å²) in [7, 11) is 1.43. The molecule has 0 atom stereocenters. The minimum Gasteiger partial charge on any atom is -0.495 e. The van der Waals surface area contributed by atoms with E-state index in [4.69, 9.17) is 4.74 Å². The number of unbranched alkanes of at least 4 members (excludes halogenated alkanes) is 7. The second-order valence-electron chi connectivity index (χ2n) is 9.59. The fraction of sp³-hybridized carbons (Fsp3) is 0.500. The summed E-state index contributed by atoms with van der Waals surface area (Å²) in [5.41, 5.74) is 0.827. The second kappa shape index (κ2) is 17.6. The number of thioether (sulfide) groups is 1.